The highest BCUT2D eigenvalue weighted by atomic mass is 35.5. The topological polar surface area (TPSA) is 120 Å². The summed E-state index contributed by atoms with van der Waals surface area (Å²) in [5.74, 6) is -1.65. The van der Waals surface area contributed by atoms with Crippen LogP contribution in [-0.4, -0.2) is 60.0 Å². The summed E-state index contributed by atoms with van der Waals surface area (Å²) in [6.45, 7) is 0.451. The van der Waals surface area contributed by atoms with Gasteiger partial charge in [-0.05, 0) is 47.7 Å². The predicted molar refractivity (Wildman–Crippen MR) is 126 cm³/mol. The van der Waals surface area contributed by atoms with Gasteiger partial charge in [-0.15, -0.1) is 0 Å². The summed E-state index contributed by atoms with van der Waals surface area (Å²) in [5.41, 5.74) is 8.43. The molecule has 10 heteroatoms. The number of carbonyl (C=O) groups excluding carboxylic acids is 1. The van der Waals surface area contributed by atoms with Gasteiger partial charge >= 0.3 is 5.97 Å². The number of hydrogen-bond donors (Lipinski definition) is 5. The zero-order chi connectivity index (χ0) is 24.0. The lowest BCUT2D eigenvalue weighted by Crippen LogP contribution is -2.49. The summed E-state index contributed by atoms with van der Waals surface area (Å²) >= 11 is 12.6. The van der Waals surface area contributed by atoms with Gasteiger partial charge < -0.3 is 20.3 Å². The molecule has 0 radical (unpaired) electrons. The Hall–Kier alpha value is -2.20. The number of hydrogen-bond acceptors (Lipinski definition) is 6. The molecule has 1 heterocycles. The van der Waals surface area contributed by atoms with Crippen molar-refractivity contribution >= 4 is 35.1 Å². The minimum atomic E-state index is -1.62. The largest absolute Gasteiger partial charge is 0.479 e. The zero-order valence-corrected chi connectivity index (χ0v) is 19.6. The fourth-order valence-corrected chi connectivity index (χ4v) is 4.24. The van der Waals surface area contributed by atoms with Gasteiger partial charge in [-0.1, -0.05) is 47.5 Å². The molecule has 1 saturated heterocycles. The minimum Gasteiger partial charge on any atom is -0.479 e. The molecule has 1 fully saturated rings. The van der Waals surface area contributed by atoms with E-state index < -0.39 is 24.2 Å². The van der Waals surface area contributed by atoms with Gasteiger partial charge in [-0.2, -0.15) is 0 Å². The standard InChI is InChI=1S/C23H27Cl2N3O5/c1-33-12-18-10-20(28-27-18)22(30)26-17(11-21(29)23(31)32)8-15-6-5-14(9-19(15)25)13-3-2-4-16(24)7-13/h2-7,9,17-18,20-21,27-29H,8,10-12H2,1H3,(H,26,30)(H,31,32)/t17-,18?,20?,21-/m1/s1. The summed E-state index contributed by atoms with van der Waals surface area (Å²) < 4.78 is 5.10. The first-order valence-electron chi connectivity index (χ1n) is 10.5. The molecule has 0 saturated carbocycles. The van der Waals surface area contributed by atoms with Crippen LogP contribution in [0.25, 0.3) is 11.1 Å². The number of rotatable bonds is 10. The number of ether oxygens (including phenoxy) is 1. The Morgan fingerprint density at radius 2 is 1.94 bits per heavy atom. The number of amides is 1. The summed E-state index contributed by atoms with van der Waals surface area (Å²) in [6, 6.07) is 11.7. The molecule has 4 atom stereocenters. The number of aliphatic hydroxyl groups is 1. The van der Waals surface area contributed by atoms with Crippen LogP contribution in [0.2, 0.25) is 10.0 Å². The average molecular weight is 496 g/mol. The van der Waals surface area contributed by atoms with E-state index in [4.69, 9.17) is 33.0 Å². The second-order valence-electron chi connectivity index (χ2n) is 8.05. The van der Waals surface area contributed by atoms with Crippen molar-refractivity contribution in [1.29, 1.82) is 0 Å². The first-order chi connectivity index (χ1) is 15.8. The molecule has 0 bridgehead atoms. The Labute approximate surface area is 202 Å². The zero-order valence-electron chi connectivity index (χ0n) is 18.1. The number of halogens is 2. The van der Waals surface area contributed by atoms with E-state index >= 15 is 0 Å². The molecule has 2 aromatic carbocycles. The molecule has 0 aromatic heterocycles. The van der Waals surface area contributed by atoms with Crippen LogP contribution in [0.3, 0.4) is 0 Å². The van der Waals surface area contributed by atoms with Crippen LogP contribution in [0, 0.1) is 0 Å². The van der Waals surface area contributed by atoms with Crippen LogP contribution in [0.1, 0.15) is 18.4 Å². The second kappa shape index (κ2) is 11.8. The van der Waals surface area contributed by atoms with Gasteiger partial charge in [0.05, 0.1) is 6.61 Å². The predicted octanol–water partition coefficient (Wildman–Crippen LogP) is 2.40. The van der Waals surface area contributed by atoms with E-state index in [1.807, 2.05) is 30.3 Å². The van der Waals surface area contributed by atoms with Crippen molar-refractivity contribution in [2.75, 3.05) is 13.7 Å². The van der Waals surface area contributed by atoms with Crippen molar-refractivity contribution < 1.29 is 24.5 Å². The van der Waals surface area contributed by atoms with Crippen LogP contribution >= 0.6 is 23.2 Å². The Kier molecular flexibility index (Phi) is 9.08. The third-order valence-corrected chi connectivity index (χ3v) is 6.07. The third-order valence-electron chi connectivity index (χ3n) is 5.48. The summed E-state index contributed by atoms with van der Waals surface area (Å²) in [6.07, 6.45) is -1.000. The van der Waals surface area contributed by atoms with Crippen LogP contribution in [0.5, 0.6) is 0 Å². The second-order valence-corrected chi connectivity index (χ2v) is 8.89. The van der Waals surface area contributed by atoms with Gasteiger partial charge in [0.25, 0.3) is 0 Å². The first kappa shape index (κ1) is 25.4. The molecule has 8 nitrogen and oxygen atoms in total. The van der Waals surface area contributed by atoms with E-state index in [9.17, 15) is 14.7 Å². The van der Waals surface area contributed by atoms with Gasteiger partial charge in [0.1, 0.15) is 6.04 Å². The van der Waals surface area contributed by atoms with Gasteiger partial charge in [0, 0.05) is 35.7 Å². The lowest BCUT2D eigenvalue weighted by Gasteiger charge is -2.23. The fourth-order valence-electron chi connectivity index (χ4n) is 3.80. The maximum Gasteiger partial charge on any atom is 0.332 e. The van der Waals surface area contributed by atoms with Crippen LogP contribution in [0.4, 0.5) is 0 Å². The normalized spacial score (nSPS) is 19.8. The van der Waals surface area contributed by atoms with E-state index in [0.29, 0.717) is 23.1 Å². The Morgan fingerprint density at radius 3 is 2.61 bits per heavy atom. The van der Waals surface area contributed by atoms with Gasteiger partial charge in [0.2, 0.25) is 5.91 Å². The van der Waals surface area contributed by atoms with Crippen molar-refractivity contribution in [3.05, 3.63) is 58.1 Å². The molecule has 0 aliphatic carbocycles. The van der Waals surface area contributed by atoms with Crippen molar-refractivity contribution in [3.63, 3.8) is 0 Å². The maximum absolute atomic E-state index is 12.8. The molecular formula is C23H27Cl2N3O5. The van der Waals surface area contributed by atoms with Crippen molar-refractivity contribution in [3.8, 4) is 11.1 Å². The molecule has 1 aliphatic rings. The fraction of sp³-hybridized carbons (Fsp3) is 0.391. The van der Waals surface area contributed by atoms with Crippen LogP contribution < -0.4 is 16.2 Å². The number of benzene rings is 2. The Bertz CT molecular complexity index is 990. The number of carboxylic acids is 1. The molecule has 5 N–H and O–H groups in total. The highest BCUT2D eigenvalue weighted by molar-refractivity contribution is 6.32. The first-order valence-corrected chi connectivity index (χ1v) is 11.3. The van der Waals surface area contributed by atoms with E-state index in [0.717, 1.165) is 16.7 Å². The number of nitrogens with one attached hydrogen (secondary N) is 3. The molecule has 3 rings (SSSR count). The lowest BCUT2D eigenvalue weighted by atomic mass is 9.97. The van der Waals surface area contributed by atoms with Crippen molar-refractivity contribution in [2.45, 2.75) is 43.5 Å². The number of carbonyl (C=O) groups is 2. The molecule has 178 valence electrons. The summed E-state index contributed by atoms with van der Waals surface area (Å²) in [7, 11) is 1.58. The number of aliphatic hydroxyl groups excluding tert-OH is 1. The van der Waals surface area contributed by atoms with Crippen LogP contribution in [-0.2, 0) is 20.7 Å². The molecule has 0 spiro atoms. The Balaban J connectivity index is 1.73. The number of methoxy groups -OCH3 is 1. The number of hydrazine groups is 1. The van der Waals surface area contributed by atoms with E-state index in [1.54, 1.807) is 19.2 Å². The van der Waals surface area contributed by atoms with Gasteiger partial charge in [-0.25, -0.2) is 10.2 Å². The summed E-state index contributed by atoms with van der Waals surface area (Å²) in [4.78, 5) is 24.0. The molecular weight excluding hydrogens is 469 g/mol. The SMILES string of the molecule is COCC1CC(C(=O)N[C@H](Cc2ccc(-c3cccc(Cl)c3)cc2Cl)C[C@@H](O)C(=O)O)NN1. The molecule has 33 heavy (non-hydrogen) atoms. The Morgan fingerprint density at radius 1 is 1.18 bits per heavy atom. The van der Waals surface area contributed by atoms with E-state index in [2.05, 4.69) is 16.2 Å². The van der Waals surface area contributed by atoms with Crippen molar-refractivity contribution in [2.24, 2.45) is 0 Å². The molecule has 1 aliphatic heterocycles. The van der Waals surface area contributed by atoms with Crippen LogP contribution in [0.15, 0.2) is 42.5 Å². The molecule has 2 aromatic rings. The highest BCUT2D eigenvalue weighted by Gasteiger charge is 2.31. The van der Waals surface area contributed by atoms with Crippen molar-refractivity contribution in [1.82, 2.24) is 16.2 Å². The molecule has 2 unspecified atom stereocenters. The lowest BCUT2D eigenvalue weighted by molar-refractivity contribution is -0.147. The number of carboxylic acid groups (broad SMARTS) is 1. The summed E-state index contributed by atoms with van der Waals surface area (Å²) in [5, 5.41) is 23.0. The average Bonchev–Trinajstić information content (AvgIpc) is 3.24. The van der Waals surface area contributed by atoms with Gasteiger partial charge in [-0.3, -0.25) is 10.2 Å². The molecule has 1 amide bonds. The highest BCUT2D eigenvalue weighted by Crippen LogP contribution is 2.28. The third kappa shape index (κ3) is 7.14. The van der Waals surface area contributed by atoms with Gasteiger partial charge in [0.15, 0.2) is 6.10 Å². The maximum atomic E-state index is 12.8. The van der Waals surface area contributed by atoms with E-state index in [-0.39, 0.29) is 24.8 Å². The van der Waals surface area contributed by atoms with E-state index in [1.165, 1.54) is 0 Å². The smallest absolute Gasteiger partial charge is 0.332 e. The minimum absolute atomic E-state index is 0.0118. The monoisotopic (exact) mass is 495 g/mol. The quantitative estimate of drug-likeness (QED) is 0.343. The number of aliphatic carboxylic acids is 1.